The van der Waals surface area contributed by atoms with Gasteiger partial charge in [0.25, 0.3) is 0 Å². The van der Waals surface area contributed by atoms with Gasteiger partial charge in [-0.3, -0.25) is 4.79 Å². The van der Waals surface area contributed by atoms with Gasteiger partial charge >= 0.3 is 6.18 Å². The molecule has 21 heavy (non-hydrogen) atoms. The molecule has 0 spiro atoms. The number of carbonyl (C=O) groups excluding carboxylic acids is 1. The third-order valence-corrected chi connectivity index (χ3v) is 4.15. The molecule has 0 heterocycles. The molecule has 0 unspecified atom stereocenters. The van der Waals surface area contributed by atoms with Gasteiger partial charge in [0.2, 0.25) is 5.91 Å². The number of alkyl halides is 3. The van der Waals surface area contributed by atoms with Gasteiger partial charge in [-0.2, -0.15) is 13.2 Å². The molecule has 1 amide bonds. The summed E-state index contributed by atoms with van der Waals surface area (Å²) < 4.78 is 38.3. The molecule has 6 heteroatoms. The fraction of sp³-hybridized carbons (Fsp3) is 0.933. The zero-order valence-electron chi connectivity index (χ0n) is 13.0. The van der Waals surface area contributed by atoms with Gasteiger partial charge in [-0.25, -0.2) is 0 Å². The number of rotatable bonds is 5. The van der Waals surface area contributed by atoms with Crippen LogP contribution in [0, 0.1) is 11.3 Å². The van der Waals surface area contributed by atoms with E-state index in [-0.39, 0.29) is 19.0 Å². The highest BCUT2D eigenvalue weighted by atomic mass is 19.4. The molecule has 1 aliphatic rings. The molecule has 0 aromatic rings. The van der Waals surface area contributed by atoms with Crippen LogP contribution in [0.25, 0.3) is 0 Å². The molecule has 124 valence electrons. The Labute approximate surface area is 125 Å². The van der Waals surface area contributed by atoms with Crippen LogP contribution in [0.5, 0.6) is 0 Å². The molecule has 1 aliphatic carbocycles. The first-order chi connectivity index (χ1) is 9.70. The number of nitrogens with two attached hydrogens (primary N) is 1. The zero-order valence-corrected chi connectivity index (χ0v) is 13.0. The van der Waals surface area contributed by atoms with Crippen LogP contribution >= 0.6 is 0 Å². The van der Waals surface area contributed by atoms with Crippen molar-refractivity contribution < 1.29 is 18.0 Å². The van der Waals surface area contributed by atoms with Gasteiger partial charge in [-0.05, 0) is 18.8 Å². The first-order valence-corrected chi connectivity index (χ1v) is 7.76. The molecule has 0 saturated heterocycles. The van der Waals surface area contributed by atoms with E-state index in [1.54, 1.807) is 0 Å². The summed E-state index contributed by atoms with van der Waals surface area (Å²) in [6.45, 7) is 2.72. The highest BCUT2D eigenvalue weighted by molar-refractivity contribution is 5.83. The number of nitrogens with zero attached hydrogens (tertiary/aromatic N) is 1. The van der Waals surface area contributed by atoms with E-state index in [4.69, 9.17) is 5.73 Å². The second kappa shape index (κ2) is 7.47. The number of amides is 1. The van der Waals surface area contributed by atoms with E-state index in [9.17, 15) is 18.0 Å². The van der Waals surface area contributed by atoms with E-state index in [0.717, 1.165) is 30.6 Å². The van der Waals surface area contributed by atoms with Crippen molar-refractivity contribution in [2.24, 2.45) is 17.1 Å². The number of hydrogen-bond acceptors (Lipinski definition) is 2. The van der Waals surface area contributed by atoms with Gasteiger partial charge in [-0.15, -0.1) is 0 Å². The van der Waals surface area contributed by atoms with Crippen LogP contribution in [0.4, 0.5) is 13.2 Å². The lowest BCUT2D eigenvalue weighted by Crippen LogP contribution is -2.51. The molecule has 2 N–H and O–H groups in total. The van der Waals surface area contributed by atoms with Crippen LogP contribution < -0.4 is 5.73 Å². The third-order valence-electron chi connectivity index (χ3n) is 4.15. The first-order valence-electron chi connectivity index (χ1n) is 7.76. The van der Waals surface area contributed by atoms with Crippen molar-refractivity contribution in [1.82, 2.24) is 4.90 Å². The van der Waals surface area contributed by atoms with E-state index >= 15 is 0 Å². The fourth-order valence-corrected chi connectivity index (χ4v) is 3.12. The predicted molar refractivity (Wildman–Crippen MR) is 76.7 cm³/mol. The fourth-order valence-electron chi connectivity index (χ4n) is 3.12. The molecule has 0 bridgehead atoms. The standard InChI is InChI=1S/C15H27F3N2O/c1-12(2)9-20(11-15(16,17)18)13(21)14(10-19)7-5-3-4-6-8-14/h12H,3-11,19H2,1-2H3. The monoisotopic (exact) mass is 308 g/mol. The van der Waals surface area contributed by atoms with E-state index < -0.39 is 24.0 Å². The lowest BCUT2D eigenvalue weighted by molar-refractivity contribution is -0.169. The molecular formula is C15H27F3N2O. The summed E-state index contributed by atoms with van der Waals surface area (Å²) in [5, 5.41) is 0. The van der Waals surface area contributed by atoms with Crippen molar-refractivity contribution in [1.29, 1.82) is 0 Å². The van der Waals surface area contributed by atoms with Crippen LogP contribution in [0.15, 0.2) is 0 Å². The highest BCUT2D eigenvalue weighted by Gasteiger charge is 2.43. The Morgan fingerprint density at radius 1 is 1.19 bits per heavy atom. The summed E-state index contributed by atoms with van der Waals surface area (Å²) in [7, 11) is 0. The van der Waals surface area contributed by atoms with E-state index in [1.165, 1.54) is 0 Å². The third kappa shape index (κ3) is 5.49. The average molecular weight is 308 g/mol. The van der Waals surface area contributed by atoms with E-state index in [2.05, 4.69) is 0 Å². The largest absolute Gasteiger partial charge is 0.406 e. The minimum atomic E-state index is -4.37. The summed E-state index contributed by atoms with van der Waals surface area (Å²) in [4.78, 5) is 13.7. The molecule has 0 radical (unpaired) electrons. The van der Waals surface area contributed by atoms with E-state index in [0.29, 0.717) is 12.8 Å². The molecular weight excluding hydrogens is 281 g/mol. The van der Waals surface area contributed by atoms with Crippen molar-refractivity contribution in [2.75, 3.05) is 19.6 Å². The summed E-state index contributed by atoms with van der Waals surface area (Å²) in [5.74, 6) is -0.408. The highest BCUT2D eigenvalue weighted by Crippen LogP contribution is 2.36. The topological polar surface area (TPSA) is 46.3 Å². The Morgan fingerprint density at radius 2 is 1.71 bits per heavy atom. The maximum absolute atomic E-state index is 12.8. The van der Waals surface area contributed by atoms with Crippen molar-refractivity contribution in [3.8, 4) is 0 Å². The minimum absolute atomic E-state index is 0.00287. The quantitative estimate of drug-likeness (QED) is 0.792. The SMILES string of the molecule is CC(C)CN(CC(F)(F)F)C(=O)C1(CN)CCCCCC1. The molecule has 1 saturated carbocycles. The summed E-state index contributed by atoms with van der Waals surface area (Å²) in [6, 6.07) is 0. The molecule has 0 aromatic carbocycles. The van der Waals surface area contributed by atoms with Crippen molar-refractivity contribution in [3.05, 3.63) is 0 Å². The van der Waals surface area contributed by atoms with Crippen molar-refractivity contribution in [2.45, 2.75) is 58.5 Å². The maximum Gasteiger partial charge on any atom is 0.406 e. The Kier molecular flexibility index (Phi) is 6.50. The van der Waals surface area contributed by atoms with Gasteiger partial charge in [-0.1, -0.05) is 39.5 Å². The predicted octanol–water partition coefficient (Wildman–Crippen LogP) is 3.33. The molecule has 1 fully saturated rings. The molecule has 0 aliphatic heterocycles. The average Bonchev–Trinajstić information content (AvgIpc) is 2.61. The second-order valence-electron chi connectivity index (χ2n) is 6.59. The number of halogens is 3. The van der Waals surface area contributed by atoms with Gasteiger partial charge in [0.05, 0.1) is 5.41 Å². The second-order valence-corrected chi connectivity index (χ2v) is 6.59. The van der Waals surface area contributed by atoms with Crippen LogP contribution in [0.3, 0.4) is 0 Å². The molecule has 1 rings (SSSR count). The van der Waals surface area contributed by atoms with Crippen molar-refractivity contribution in [3.63, 3.8) is 0 Å². The van der Waals surface area contributed by atoms with Gasteiger partial charge in [0.15, 0.2) is 0 Å². The Bertz CT molecular complexity index is 334. The summed E-state index contributed by atoms with van der Waals surface area (Å²) >= 11 is 0. The van der Waals surface area contributed by atoms with Crippen LogP contribution in [0.2, 0.25) is 0 Å². The maximum atomic E-state index is 12.8. The molecule has 3 nitrogen and oxygen atoms in total. The smallest absolute Gasteiger partial charge is 0.333 e. The van der Waals surface area contributed by atoms with Crippen LogP contribution in [-0.4, -0.2) is 36.6 Å². The number of hydrogen-bond donors (Lipinski definition) is 1. The normalized spacial score (nSPS) is 19.4. The van der Waals surface area contributed by atoms with Gasteiger partial charge < -0.3 is 10.6 Å². The lowest BCUT2D eigenvalue weighted by atomic mass is 9.78. The number of carbonyl (C=O) groups is 1. The first kappa shape index (κ1) is 18.3. The molecule has 0 atom stereocenters. The van der Waals surface area contributed by atoms with Gasteiger partial charge in [0.1, 0.15) is 6.54 Å². The Morgan fingerprint density at radius 3 is 2.10 bits per heavy atom. The summed E-state index contributed by atoms with van der Waals surface area (Å²) in [5.41, 5.74) is 5.02. The van der Waals surface area contributed by atoms with Crippen molar-refractivity contribution >= 4 is 5.91 Å². The Balaban J connectivity index is 2.94. The van der Waals surface area contributed by atoms with Gasteiger partial charge in [0, 0.05) is 13.1 Å². The Hall–Kier alpha value is -0.780. The zero-order chi connectivity index (χ0) is 16.1. The van der Waals surface area contributed by atoms with E-state index in [1.807, 2.05) is 13.8 Å². The minimum Gasteiger partial charge on any atom is -0.333 e. The van der Waals surface area contributed by atoms with Crippen LogP contribution in [-0.2, 0) is 4.79 Å². The lowest BCUT2D eigenvalue weighted by Gasteiger charge is -2.37. The van der Waals surface area contributed by atoms with Crippen LogP contribution in [0.1, 0.15) is 52.4 Å². The summed E-state index contributed by atoms with van der Waals surface area (Å²) in [6.07, 6.45) is 0.626. The molecule has 0 aromatic heterocycles.